The monoisotopic (exact) mass is 203 g/mol. The van der Waals surface area contributed by atoms with Gasteiger partial charge in [0, 0.05) is 19.6 Å². The lowest BCUT2D eigenvalue weighted by atomic mass is 10.4. The van der Waals surface area contributed by atoms with E-state index in [1.165, 1.54) is 4.90 Å². The van der Waals surface area contributed by atoms with E-state index in [2.05, 4.69) is 0 Å². The molecule has 0 aliphatic rings. The van der Waals surface area contributed by atoms with Crippen LogP contribution >= 0.6 is 0 Å². The molecule has 6 heteroatoms. The van der Waals surface area contributed by atoms with Gasteiger partial charge in [0.25, 0.3) is 0 Å². The Bertz CT molecular complexity index is 206. The Balaban J connectivity index is 3.90. The van der Waals surface area contributed by atoms with Gasteiger partial charge in [0.05, 0.1) is 6.42 Å². The highest BCUT2D eigenvalue weighted by molar-refractivity contribution is 5.73. The first-order valence-corrected chi connectivity index (χ1v) is 4.34. The lowest BCUT2D eigenvalue weighted by molar-refractivity contribution is -0.137. The van der Waals surface area contributed by atoms with Gasteiger partial charge in [-0.3, -0.25) is 4.79 Å². The molecule has 2 amide bonds. The molecule has 0 aromatic heterocycles. The fraction of sp³-hybridized carbons (Fsp3) is 0.750. The molecule has 82 valence electrons. The molecule has 0 atom stereocenters. The third kappa shape index (κ3) is 6.24. The highest BCUT2D eigenvalue weighted by atomic mass is 16.4. The van der Waals surface area contributed by atoms with Gasteiger partial charge >= 0.3 is 12.0 Å². The summed E-state index contributed by atoms with van der Waals surface area (Å²) in [4.78, 5) is 24.4. The second-order valence-electron chi connectivity index (χ2n) is 3.27. The average molecular weight is 203 g/mol. The third-order valence-electron chi connectivity index (χ3n) is 1.72. The lowest BCUT2D eigenvalue weighted by Crippen LogP contribution is -2.41. The Labute approximate surface area is 83.3 Å². The van der Waals surface area contributed by atoms with Crippen molar-refractivity contribution in [1.82, 2.24) is 9.80 Å². The highest BCUT2D eigenvalue weighted by Crippen LogP contribution is 1.92. The van der Waals surface area contributed by atoms with E-state index < -0.39 is 12.0 Å². The smallest absolute Gasteiger partial charge is 0.314 e. The van der Waals surface area contributed by atoms with Gasteiger partial charge < -0.3 is 20.6 Å². The van der Waals surface area contributed by atoms with E-state index in [9.17, 15) is 9.59 Å². The fourth-order valence-corrected chi connectivity index (χ4v) is 0.884. The average Bonchev–Trinajstić information content (AvgIpc) is 2.02. The van der Waals surface area contributed by atoms with Crippen molar-refractivity contribution < 1.29 is 14.7 Å². The second kappa shape index (κ2) is 6.20. The van der Waals surface area contributed by atoms with E-state index in [1.807, 2.05) is 19.0 Å². The number of carboxylic acid groups (broad SMARTS) is 1. The van der Waals surface area contributed by atoms with Crippen molar-refractivity contribution in [2.75, 3.05) is 33.7 Å². The largest absolute Gasteiger partial charge is 0.481 e. The zero-order chi connectivity index (χ0) is 11.1. The van der Waals surface area contributed by atoms with Crippen molar-refractivity contribution in [2.45, 2.75) is 6.42 Å². The van der Waals surface area contributed by atoms with Gasteiger partial charge in [0.15, 0.2) is 0 Å². The van der Waals surface area contributed by atoms with Crippen LogP contribution in [0.3, 0.4) is 0 Å². The van der Waals surface area contributed by atoms with Gasteiger partial charge in [-0.15, -0.1) is 0 Å². The Morgan fingerprint density at radius 2 is 1.79 bits per heavy atom. The number of carboxylic acids is 1. The van der Waals surface area contributed by atoms with Crippen molar-refractivity contribution in [1.29, 1.82) is 0 Å². The SMILES string of the molecule is CN(C)CCN(CCC(=O)O)C(N)=O. The molecule has 0 aliphatic carbocycles. The molecule has 0 spiro atoms. The maximum atomic E-state index is 10.9. The van der Waals surface area contributed by atoms with Gasteiger partial charge in [0.2, 0.25) is 0 Å². The molecule has 14 heavy (non-hydrogen) atoms. The number of urea groups is 1. The molecule has 6 nitrogen and oxygen atoms in total. The molecule has 0 aromatic rings. The number of hydrogen-bond donors (Lipinski definition) is 2. The Hall–Kier alpha value is -1.30. The van der Waals surface area contributed by atoms with Gasteiger partial charge in [-0.25, -0.2) is 4.79 Å². The topological polar surface area (TPSA) is 86.9 Å². The Morgan fingerprint density at radius 1 is 1.21 bits per heavy atom. The molecule has 0 bridgehead atoms. The summed E-state index contributed by atoms with van der Waals surface area (Å²) < 4.78 is 0. The third-order valence-corrected chi connectivity index (χ3v) is 1.72. The molecule has 0 fully saturated rings. The van der Waals surface area contributed by atoms with Crippen LogP contribution in [0.5, 0.6) is 0 Å². The van der Waals surface area contributed by atoms with Crippen molar-refractivity contribution in [2.24, 2.45) is 5.73 Å². The summed E-state index contributed by atoms with van der Waals surface area (Å²) in [5, 5.41) is 8.43. The molecule has 3 N–H and O–H groups in total. The number of aliphatic carboxylic acids is 1. The molecular weight excluding hydrogens is 186 g/mol. The maximum absolute atomic E-state index is 10.9. The van der Waals surface area contributed by atoms with Crippen LogP contribution in [0.2, 0.25) is 0 Å². The van der Waals surface area contributed by atoms with E-state index in [1.54, 1.807) is 0 Å². The van der Waals surface area contributed by atoms with Crippen LogP contribution in [0.1, 0.15) is 6.42 Å². The van der Waals surface area contributed by atoms with Gasteiger partial charge in [-0.1, -0.05) is 0 Å². The van der Waals surface area contributed by atoms with E-state index in [0.717, 1.165) is 0 Å². The summed E-state index contributed by atoms with van der Waals surface area (Å²) >= 11 is 0. The van der Waals surface area contributed by atoms with Crippen molar-refractivity contribution >= 4 is 12.0 Å². The molecule has 0 aliphatic heterocycles. The van der Waals surface area contributed by atoms with E-state index in [4.69, 9.17) is 10.8 Å². The van der Waals surface area contributed by atoms with Crippen LogP contribution in [0, 0.1) is 0 Å². The predicted molar refractivity (Wildman–Crippen MR) is 52.0 cm³/mol. The minimum absolute atomic E-state index is 0.0730. The van der Waals surface area contributed by atoms with Gasteiger partial charge in [-0.2, -0.15) is 0 Å². The number of nitrogens with zero attached hydrogens (tertiary/aromatic N) is 2. The number of nitrogens with two attached hydrogens (primary N) is 1. The number of carbonyl (C=O) groups excluding carboxylic acids is 1. The standard InChI is InChI=1S/C8H17N3O3/c1-10(2)5-6-11(8(9)14)4-3-7(12)13/h3-6H2,1-2H3,(H2,9,14)(H,12,13). The molecule has 0 saturated carbocycles. The molecular formula is C8H17N3O3. The lowest BCUT2D eigenvalue weighted by Gasteiger charge is -2.21. The van der Waals surface area contributed by atoms with Crippen LogP contribution in [0.4, 0.5) is 4.79 Å². The van der Waals surface area contributed by atoms with Crippen LogP contribution < -0.4 is 5.73 Å². The fourth-order valence-electron chi connectivity index (χ4n) is 0.884. The summed E-state index contributed by atoms with van der Waals surface area (Å²) in [7, 11) is 3.74. The number of rotatable bonds is 6. The van der Waals surface area contributed by atoms with E-state index in [0.29, 0.717) is 13.1 Å². The van der Waals surface area contributed by atoms with Crippen LogP contribution in [0.15, 0.2) is 0 Å². The molecule has 0 saturated heterocycles. The Kier molecular flexibility index (Phi) is 5.62. The van der Waals surface area contributed by atoms with Crippen molar-refractivity contribution in [3.05, 3.63) is 0 Å². The molecule has 0 radical (unpaired) electrons. The van der Waals surface area contributed by atoms with Crippen LogP contribution in [-0.4, -0.2) is 60.6 Å². The quantitative estimate of drug-likeness (QED) is 0.603. The zero-order valence-electron chi connectivity index (χ0n) is 8.56. The van der Waals surface area contributed by atoms with Gasteiger partial charge in [0.1, 0.15) is 0 Å². The normalized spacial score (nSPS) is 10.2. The van der Waals surface area contributed by atoms with E-state index in [-0.39, 0.29) is 13.0 Å². The van der Waals surface area contributed by atoms with Crippen LogP contribution in [-0.2, 0) is 4.79 Å². The zero-order valence-corrected chi connectivity index (χ0v) is 8.56. The minimum atomic E-state index is -0.930. The van der Waals surface area contributed by atoms with Gasteiger partial charge in [-0.05, 0) is 14.1 Å². The first kappa shape index (κ1) is 12.7. The number of likely N-dealkylation sites (N-methyl/N-ethyl adjacent to an activating group) is 1. The van der Waals surface area contributed by atoms with Crippen molar-refractivity contribution in [3.63, 3.8) is 0 Å². The number of hydrogen-bond acceptors (Lipinski definition) is 3. The minimum Gasteiger partial charge on any atom is -0.481 e. The number of primary amides is 1. The van der Waals surface area contributed by atoms with Crippen LogP contribution in [0.25, 0.3) is 0 Å². The first-order valence-electron chi connectivity index (χ1n) is 4.34. The molecule has 0 aromatic carbocycles. The van der Waals surface area contributed by atoms with Crippen molar-refractivity contribution in [3.8, 4) is 0 Å². The first-order chi connectivity index (χ1) is 6.43. The summed E-state index contributed by atoms with van der Waals surface area (Å²) in [5.41, 5.74) is 5.08. The molecule has 0 unspecified atom stereocenters. The Morgan fingerprint density at radius 3 is 2.14 bits per heavy atom. The summed E-state index contributed by atoms with van der Waals surface area (Å²) in [6, 6.07) is -0.576. The number of amides is 2. The maximum Gasteiger partial charge on any atom is 0.314 e. The predicted octanol–water partition coefficient (Wildman–Crippen LogP) is -0.597. The highest BCUT2D eigenvalue weighted by Gasteiger charge is 2.10. The van der Waals surface area contributed by atoms with E-state index >= 15 is 0 Å². The number of carbonyl (C=O) groups is 2. The molecule has 0 rings (SSSR count). The summed E-state index contributed by atoms with van der Waals surface area (Å²) in [5.74, 6) is -0.930. The summed E-state index contributed by atoms with van der Waals surface area (Å²) in [6.45, 7) is 1.29. The second-order valence-corrected chi connectivity index (χ2v) is 3.27. The summed E-state index contributed by atoms with van der Waals surface area (Å²) in [6.07, 6.45) is -0.0730. The molecule has 0 heterocycles.